The number of carbonyl (C=O) groups is 1. The van der Waals surface area contributed by atoms with E-state index in [1.165, 1.54) is 0 Å². The molecule has 0 saturated carbocycles. The number of para-hydroxylation sites is 1. The Labute approximate surface area is 129 Å². The van der Waals surface area contributed by atoms with Crippen LogP contribution in [0.4, 0.5) is 0 Å². The Morgan fingerprint density at radius 3 is 2.59 bits per heavy atom. The highest BCUT2D eigenvalue weighted by molar-refractivity contribution is 5.86. The molecule has 0 saturated heterocycles. The second kappa shape index (κ2) is 7.43. The lowest BCUT2D eigenvalue weighted by Gasteiger charge is -2.15. The molecule has 2 rings (SSSR count). The van der Waals surface area contributed by atoms with Crippen LogP contribution in [0.1, 0.15) is 6.92 Å². The molecule has 0 aliphatic heterocycles. The minimum atomic E-state index is -0.622. The van der Waals surface area contributed by atoms with Crippen LogP contribution in [0.5, 0.6) is 11.5 Å². The van der Waals surface area contributed by atoms with Gasteiger partial charge >= 0.3 is 5.97 Å². The van der Waals surface area contributed by atoms with Gasteiger partial charge in [0.15, 0.2) is 11.5 Å². The molecule has 1 unspecified atom stereocenters. The molecule has 4 nitrogen and oxygen atoms in total. The lowest BCUT2D eigenvalue weighted by molar-refractivity contribution is -0.129. The summed E-state index contributed by atoms with van der Waals surface area (Å²) in [6.07, 6.45) is 0.476. The van der Waals surface area contributed by atoms with Gasteiger partial charge in [-0.2, -0.15) is 0 Å². The smallest absolute Gasteiger partial charge is 0.335 e. The van der Waals surface area contributed by atoms with Gasteiger partial charge in [0.2, 0.25) is 0 Å². The molecule has 0 radical (unpaired) electrons. The number of ether oxygens (including phenoxy) is 2. The highest BCUT2D eigenvalue weighted by atomic mass is 16.6. The standard InChI is InChI=1S/C18H18O4/c1-3-17(20)22-18-15(14-8-5-4-6-9-14)10-7-11-16(18)21-12-13(2)19/h3-11,13,19H,1,12H2,2H3. The number of rotatable bonds is 6. The van der Waals surface area contributed by atoms with E-state index in [1.807, 2.05) is 42.5 Å². The summed E-state index contributed by atoms with van der Waals surface area (Å²) < 4.78 is 10.9. The average Bonchev–Trinajstić information content (AvgIpc) is 2.54. The Morgan fingerprint density at radius 1 is 1.23 bits per heavy atom. The van der Waals surface area contributed by atoms with Gasteiger partial charge in [0.1, 0.15) is 6.61 Å². The molecule has 0 aromatic heterocycles. The van der Waals surface area contributed by atoms with E-state index in [0.717, 1.165) is 17.2 Å². The molecule has 0 heterocycles. The van der Waals surface area contributed by atoms with E-state index in [-0.39, 0.29) is 6.61 Å². The first-order valence-electron chi connectivity index (χ1n) is 6.95. The van der Waals surface area contributed by atoms with Crippen LogP contribution < -0.4 is 9.47 Å². The summed E-state index contributed by atoms with van der Waals surface area (Å²) in [6, 6.07) is 14.9. The predicted molar refractivity (Wildman–Crippen MR) is 84.9 cm³/mol. The number of aliphatic hydroxyl groups excluding tert-OH is 1. The fourth-order valence-corrected chi connectivity index (χ4v) is 1.93. The van der Waals surface area contributed by atoms with Crippen molar-refractivity contribution in [2.75, 3.05) is 6.61 Å². The molecule has 114 valence electrons. The van der Waals surface area contributed by atoms with Crippen molar-refractivity contribution in [2.24, 2.45) is 0 Å². The number of esters is 1. The van der Waals surface area contributed by atoms with E-state index >= 15 is 0 Å². The lowest BCUT2D eigenvalue weighted by atomic mass is 10.0. The summed E-state index contributed by atoms with van der Waals surface area (Å²) in [5.41, 5.74) is 1.63. The SMILES string of the molecule is C=CC(=O)Oc1c(OCC(C)O)cccc1-c1ccccc1. The molecule has 0 aliphatic carbocycles. The molecule has 0 aliphatic rings. The van der Waals surface area contributed by atoms with Crippen LogP contribution >= 0.6 is 0 Å². The Bertz CT molecular complexity index is 647. The molecule has 1 N–H and O–H groups in total. The number of hydrogen-bond donors (Lipinski definition) is 1. The maximum Gasteiger partial charge on any atom is 0.335 e. The van der Waals surface area contributed by atoms with Gasteiger partial charge in [-0.3, -0.25) is 0 Å². The zero-order valence-electron chi connectivity index (χ0n) is 12.4. The molecule has 2 aromatic rings. The maximum atomic E-state index is 11.6. The molecule has 1 atom stereocenters. The number of aliphatic hydroxyl groups is 1. The largest absolute Gasteiger partial charge is 0.487 e. The van der Waals surface area contributed by atoms with Gasteiger partial charge in [0.25, 0.3) is 0 Å². The summed E-state index contributed by atoms with van der Waals surface area (Å²) in [7, 11) is 0. The Hall–Kier alpha value is -2.59. The number of carbonyl (C=O) groups excluding carboxylic acids is 1. The van der Waals surface area contributed by atoms with Gasteiger partial charge in [-0.1, -0.05) is 49.0 Å². The molecule has 0 spiro atoms. The van der Waals surface area contributed by atoms with E-state index in [2.05, 4.69) is 6.58 Å². The van der Waals surface area contributed by atoms with Crippen LogP contribution in [0.3, 0.4) is 0 Å². The number of hydrogen-bond acceptors (Lipinski definition) is 4. The van der Waals surface area contributed by atoms with Crippen LogP contribution in [0, 0.1) is 0 Å². The molecule has 2 aromatic carbocycles. The summed E-state index contributed by atoms with van der Waals surface area (Å²) >= 11 is 0. The summed E-state index contributed by atoms with van der Waals surface area (Å²) in [4.78, 5) is 11.6. The normalized spacial score (nSPS) is 11.5. The van der Waals surface area contributed by atoms with Gasteiger partial charge in [0, 0.05) is 11.6 Å². The Morgan fingerprint density at radius 2 is 1.95 bits per heavy atom. The van der Waals surface area contributed by atoms with Gasteiger partial charge < -0.3 is 14.6 Å². The molecular formula is C18H18O4. The number of benzene rings is 2. The van der Waals surface area contributed by atoms with Gasteiger partial charge in [-0.25, -0.2) is 4.79 Å². The first-order chi connectivity index (χ1) is 10.6. The Kier molecular flexibility index (Phi) is 5.33. The van der Waals surface area contributed by atoms with Crippen LogP contribution in [0.15, 0.2) is 61.2 Å². The van der Waals surface area contributed by atoms with Crippen molar-refractivity contribution >= 4 is 5.97 Å². The highest BCUT2D eigenvalue weighted by Gasteiger charge is 2.15. The molecular weight excluding hydrogens is 280 g/mol. The van der Waals surface area contributed by atoms with E-state index in [0.29, 0.717) is 11.5 Å². The highest BCUT2D eigenvalue weighted by Crippen LogP contribution is 2.38. The monoisotopic (exact) mass is 298 g/mol. The van der Waals surface area contributed by atoms with Crippen molar-refractivity contribution in [2.45, 2.75) is 13.0 Å². The van der Waals surface area contributed by atoms with Gasteiger partial charge in [-0.05, 0) is 18.6 Å². The average molecular weight is 298 g/mol. The third-order valence-corrected chi connectivity index (χ3v) is 2.91. The molecule has 0 bridgehead atoms. The fourth-order valence-electron chi connectivity index (χ4n) is 1.93. The summed E-state index contributed by atoms with van der Waals surface area (Å²) in [5, 5.41) is 9.37. The van der Waals surface area contributed by atoms with Crippen LogP contribution in [0.2, 0.25) is 0 Å². The second-order valence-electron chi connectivity index (χ2n) is 4.78. The molecule has 4 heteroatoms. The summed E-state index contributed by atoms with van der Waals surface area (Å²) in [5.74, 6) is 0.155. The van der Waals surface area contributed by atoms with Crippen LogP contribution in [-0.4, -0.2) is 23.8 Å². The fraction of sp³-hybridized carbons (Fsp3) is 0.167. The van der Waals surface area contributed by atoms with Crippen molar-refractivity contribution in [3.63, 3.8) is 0 Å². The van der Waals surface area contributed by atoms with Crippen LogP contribution in [0.25, 0.3) is 11.1 Å². The van der Waals surface area contributed by atoms with E-state index in [4.69, 9.17) is 9.47 Å². The van der Waals surface area contributed by atoms with Crippen molar-refractivity contribution in [3.8, 4) is 22.6 Å². The van der Waals surface area contributed by atoms with Crippen LogP contribution in [-0.2, 0) is 4.79 Å². The van der Waals surface area contributed by atoms with Gasteiger partial charge in [-0.15, -0.1) is 0 Å². The zero-order valence-corrected chi connectivity index (χ0v) is 12.4. The second-order valence-corrected chi connectivity index (χ2v) is 4.78. The van der Waals surface area contributed by atoms with Crippen molar-refractivity contribution in [3.05, 3.63) is 61.2 Å². The molecule has 22 heavy (non-hydrogen) atoms. The van der Waals surface area contributed by atoms with Crippen molar-refractivity contribution < 1.29 is 19.4 Å². The maximum absolute atomic E-state index is 11.6. The zero-order chi connectivity index (χ0) is 15.9. The van der Waals surface area contributed by atoms with Crippen molar-refractivity contribution in [1.82, 2.24) is 0 Å². The topological polar surface area (TPSA) is 55.8 Å². The molecule has 0 amide bonds. The van der Waals surface area contributed by atoms with Gasteiger partial charge in [0.05, 0.1) is 6.10 Å². The Balaban J connectivity index is 2.45. The third kappa shape index (κ3) is 3.96. The van der Waals surface area contributed by atoms with E-state index in [1.54, 1.807) is 13.0 Å². The van der Waals surface area contributed by atoms with E-state index in [9.17, 15) is 9.90 Å². The minimum Gasteiger partial charge on any atom is -0.487 e. The summed E-state index contributed by atoms with van der Waals surface area (Å²) in [6.45, 7) is 5.14. The predicted octanol–water partition coefficient (Wildman–Crippen LogP) is 3.20. The van der Waals surface area contributed by atoms with Crippen molar-refractivity contribution in [1.29, 1.82) is 0 Å². The third-order valence-electron chi connectivity index (χ3n) is 2.91. The molecule has 0 fully saturated rings. The first-order valence-corrected chi connectivity index (χ1v) is 6.95. The minimum absolute atomic E-state index is 0.108. The quantitative estimate of drug-likeness (QED) is 0.505. The first kappa shape index (κ1) is 15.8. The lowest BCUT2D eigenvalue weighted by Crippen LogP contribution is -2.14. The van der Waals surface area contributed by atoms with E-state index < -0.39 is 12.1 Å².